The summed E-state index contributed by atoms with van der Waals surface area (Å²) in [6, 6.07) is 0. The zero-order chi connectivity index (χ0) is 12.3. The van der Waals surface area contributed by atoms with Gasteiger partial charge in [0.1, 0.15) is 4.88 Å². The van der Waals surface area contributed by atoms with Gasteiger partial charge in [0.15, 0.2) is 5.13 Å². The first-order chi connectivity index (χ1) is 8.20. The second kappa shape index (κ2) is 5.46. The number of piperidine rings is 1. The van der Waals surface area contributed by atoms with Gasteiger partial charge in [-0.1, -0.05) is 11.3 Å². The summed E-state index contributed by atoms with van der Waals surface area (Å²) in [5.74, 6) is -0.0228. The molecule has 1 fully saturated rings. The van der Waals surface area contributed by atoms with Crippen LogP contribution in [-0.2, 0) is 0 Å². The molecule has 1 aliphatic rings. The van der Waals surface area contributed by atoms with E-state index in [2.05, 4.69) is 10.3 Å². The molecule has 1 aromatic heterocycles. The molecule has 94 valence electrons. The number of aromatic nitrogens is 1. The SMILES string of the molecule is CCNc1ncc(C(=O)N2CCCC(O)C2)s1. The summed E-state index contributed by atoms with van der Waals surface area (Å²) < 4.78 is 0. The number of aliphatic hydroxyl groups is 1. The minimum Gasteiger partial charge on any atom is -0.391 e. The third-order valence-corrected chi connectivity index (χ3v) is 3.67. The summed E-state index contributed by atoms with van der Waals surface area (Å²) in [7, 11) is 0. The van der Waals surface area contributed by atoms with E-state index in [4.69, 9.17) is 0 Å². The maximum atomic E-state index is 12.1. The smallest absolute Gasteiger partial charge is 0.265 e. The van der Waals surface area contributed by atoms with E-state index >= 15 is 0 Å². The number of hydrogen-bond acceptors (Lipinski definition) is 5. The molecule has 2 heterocycles. The highest BCUT2D eigenvalue weighted by atomic mass is 32.1. The van der Waals surface area contributed by atoms with Gasteiger partial charge in [0, 0.05) is 19.6 Å². The Hall–Kier alpha value is -1.14. The second-order valence-electron chi connectivity index (χ2n) is 4.11. The number of nitrogens with zero attached hydrogens (tertiary/aromatic N) is 2. The molecule has 0 radical (unpaired) electrons. The van der Waals surface area contributed by atoms with Crippen LogP contribution >= 0.6 is 11.3 Å². The topological polar surface area (TPSA) is 65.5 Å². The van der Waals surface area contributed by atoms with Gasteiger partial charge in [-0.15, -0.1) is 0 Å². The average Bonchev–Trinajstić information content (AvgIpc) is 2.77. The summed E-state index contributed by atoms with van der Waals surface area (Å²) in [6.45, 7) is 3.95. The number of aliphatic hydroxyl groups excluding tert-OH is 1. The summed E-state index contributed by atoms with van der Waals surface area (Å²) in [4.78, 5) is 18.6. The molecular formula is C11H17N3O2S. The number of β-amino-alcohol motifs (C(OH)–C–C–N with tert-alkyl or cyclic N) is 1. The van der Waals surface area contributed by atoms with Crippen LogP contribution in [0, 0.1) is 0 Å². The van der Waals surface area contributed by atoms with E-state index in [0.717, 1.165) is 31.1 Å². The normalized spacial score (nSPS) is 20.4. The third-order valence-electron chi connectivity index (χ3n) is 2.73. The lowest BCUT2D eigenvalue weighted by Crippen LogP contribution is -2.41. The highest BCUT2D eigenvalue weighted by molar-refractivity contribution is 7.17. The largest absolute Gasteiger partial charge is 0.391 e. The van der Waals surface area contributed by atoms with Crippen molar-refractivity contribution in [1.82, 2.24) is 9.88 Å². The third kappa shape index (κ3) is 2.95. The number of thiazole rings is 1. The summed E-state index contributed by atoms with van der Waals surface area (Å²) in [6.07, 6.45) is 2.88. The Labute approximate surface area is 104 Å². The summed E-state index contributed by atoms with van der Waals surface area (Å²) in [5, 5.41) is 13.4. The van der Waals surface area contributed by atoms with Crippen molar-refractivity contribution in [2.24, 2.45) is 0 Å². The van der Waals surface area contributed by atoms with Crippen LogP contribution in [0.25, 0.3) is 0 Å². The monoisotopic (exact) mass is 255 g/mol. The molecular weight excluding hydrogens is 238 g/mol. The molecule has 0 aliphatic carbocycles. The van der Waals surface area contributed by atoms with Crippen molar-refractivity contribution in [3.8, 4) is 0 Å². The zero-order valence-corrected chi connectivity index (χ0v) is 10.7. The van der Waals surface area contributed by atoms with Crippen molar-refractivity contribution >= 4 is 22.4 Å². The lowest BCUT2D eigenvalue weighted by molar-refractivity contribution is 0.0477. The van der Waals surface area contributed by atoms with Gasteiger partial charge in [-0.05, 0) is 19.8 Å². The number of rotatable bonds is 3. The first-order valence-electron chi connectivity index (χ1n) is 5.87. The van der Waals surface area contributed by atoms with Gasteiger partial charge in [-0.3, -0.25) is 4.79 Å². The Bertz CT molecular complexity index is 394. The maximum absolute atomic E-state index is 12.1. The standard InChI is InChI=1S/C11H17N3O2S/c1-2-12-11-13-6-9(17-11)10(16)14-5-3-4-8(15)7-14/h6,8,15H,2-5,7H2,1H3,(H,12,13). The Morgan fingerprint density at radius 3 is 3.29 bits per heavy atom. The van der Waals surface area contributed by atoms with Crippen LogP contribution < -0.4 is 5.32 Å². The summed E-state index contributed by atoms with van der Waals surface area (Å²) in [5.41, 5.74) is 0. The molecule has 0 spiro atoms. The fourth-order valence-electron chi connectivity index (χ4n) is 1.90. The molecule has 0 saturated carbocycles. The van der Waals surface area contributed by atoms with Gasteiger partial charge in [-0.25, -0.2) is 4.98 Å². The maximum Gasteiger partial charge on any atom is 0.265 e. The number of carbonyl (C=O) groups excluding carboxylic acids is 1. The van der Waals surface area contributed by atoms with Crippen LogP contribution in [0.5, 0.6) is 0 Å². The average molecular weight is 255 g/mol. The molecule has 1 aliphatic heterocycles. The number of hydrogen-bond donors (Lipinski definition) is 2. The molecule has 0 aromatic carbocycles. The van der Waals surface area contributed by atoms with E-state index in [1.165, 1.54) is 11.3 Å². The van der Waals surface area contributed by atoms with Gasteiger partial charge in [0.05, 0.1) is 12.3 Å². The Balaban J connectivity index is 2.02. The van der Waals surface area contributed by atoms with Crippen LogP contribution in [0.2, 0.25) is 0 Å². The van der Waals surface area contributed by atoms with E-state index in [-0.39, 0.29) is 12.0 Å². The van der Waals surface area contributed by atoms with Gasteiger partial charge in [0.2, 0.25) is 0 Å². The Morgan fingerprint density at radius 1 is 1.76 bits per heavy atom. The Kier molecular flexibility index (Phi) is 3.96. The molecule has 5 nitrogen and oxygen atoms in total. The predicted octanol–water partition coefficient (Wildman–Crippen LogP) is 1.17. The fourth-order valence-corrected chi connectivity index (χ4v) is 2.75. The van der Waals surface area contributed by atoms with Crippen molar-refractivity contribution in [3.05, 3.63) is 11.1 Å². The van der Waals surface area contributed by atoms with E-state index in [0.29, 0.717) is 11.4 Å². The molecule has 1 aromatic rings. The number of nitrogens with one attached hydrogen (secondary N) is 1. The number of likely N-dealkylation sites (tertiary alicyclic amines) is 1. The van der Waals surface area contributed by atoms with Crippen molar-refractivity contribution in [2.45, 2.75) is 25.9 Å². The van der Waals surface area contributed by atoms with Crippen LogP contribution in [0.4, 0.5) is 5.13 Å². The van der Waals surface area contributed by atoms with Crippen molar-refractivity contribution in [1.29, 1.82) is 0 Å². The van der Waals surface area contributed by atoms with Gasteiger partial charge >= 0.3 is 0 Å². The lowest BCUT2D eigenvalue weighted by atomic mass is 10.1. The van der Waals surface area contributed by atoms with Gasteiger partial charge in [-0.2, -0.15) is 0 Å². The second-order valence-corrected chi connectivity index (χ2v) is 5.14. The van der Waals surface area contributed by atoms with Gasteiger partial charge in [0.25, 0.3) is 5.91 Å². The van der Waals surface area contributed by atoms with E-state index in [1.54, 1.807) is 11.1 Å². The van der Waals surface area contributed by atoms with E-state index < -0.39 is 0 Å². The van der Waals surface area contributed by atoms with Crippen LogP contribution in [0.15, 0.2) is 6.20 Å². The molecule has 0 bridgehead atoms. The molecule has 17 heavy (non-hydrogen) atoms. The highest BCUT2D eigenvalue weighted by Gasteiger charge is 2.24. The predicted molar refractivity (Wildman–Crippen MR) is 67.4 cm³/mol. The van der Waals surface area contributed by atoms with Crippen molar-refractivity contribution in [3.63, 3.8) is 0 Å². The van der Waals surface area contributed by atoms with Crippen molar-refractivity contribution < 1.29 is 9.90 Å². The van der Waals surface area contributed by atoms with Crippen molar-refractivity contribution in [2.75, 3.05) is 25.0 Å². The zero-order valence-electron chi connectivity index (χ0n) is 9.85. The lowest BCUT2D eigenvalue weighted by Gasteiger charge is -2.29. The molecule has 1 unspecified atom stereocenters. The Morgan fingerprint density at radius 2 is 2.59 bits per heavy atom. The summed E-state index contributed by atoms with van der Waals surface area (Å²) >= 11 is 1.37. The first kappa shape index (κ1) is 12.3. The molecule has 1 saturated heterocycles. The van der Waals surface area contributed by atoms with E-state index in [1.807, 2.05) is 6.92 Å². The van der Waals surface area contributed by atoms with Crippen LogP contribution in [-0.4, -0.2) is 46.6 Å². The minimum absolute atomic E-state index is 0.0228. The first-order valence-corrected chi connectivity index (χ1v) is 6.69. The minimum atomic E-state index is -0.381. The molecule has 1 amide bonds. The van der Waals surface area contributed by atoms with Crippen LogP contribution in [0.1, 0.15) is 29.4 Å². The van der Waals surface area contributed by atoms with E-state index in [9.17, 15) is 9.90 Å². The number of anilines is 1. The number of amides is 1. The quantitative estimate of drug-likeness (QED) is 0.851. The van der Waals surface area contributed by atoms with Crippen LogP contribution in [0.3, 0.4) is 0 Å². The molecule has 2 rings (SSSR count). The number of carbonyl (C=O) groups is 1. The fraction of sp³-hybridized carbons (Fsp3) is 0.636. The molecule has 1 atom stereocenters. The molecule has 2 N–H and O–H groups in total. The molecule has 6 heteroatoms. The highest BCUT2D eigenvalue weighted by Crippen LogP contribution is 2.21. The van der Waals surface area contributed by atoms with Gasteiger partial charge < -0.3 is 15.3 Å².